The quantitative estimate of drug-likeness (QED) is 0.818. The second kappa shape index (κ2) is 6.97. The van der Waals surface area contributed by atoms with Gasteiger partial charge in [0.25, 0.3) is 0 Å². The van der Waals surface area contributed by atoms with Crippen molar-refractivity contribution in [2.75, 3.05) is 26.3 Å². The molecule has 122 valence electrons. The summed E-state index contributed by atoms with van der Waals surface area (Å²) in [5.41, 5.74) is -0.424. The molecule has 0 spiro atoms. The largest absolute Gasteiger partial charge is 0.444 e. The third kappa shape index (κ3) is 5.47. The Morgan fingerprint density at radius 2 is 2.10 bits per heavy atom. The highest BCUT2D eigenvalue weighted by Crippen LogP contribution is 2.28. The van der Waals surface area contributed by atoms with Gasteiger partial charge in [0, 0.05) is 31.8 Å². The Morgan fingerprint density at radius 1 is 1.38 bits per heavy atom. The minimum atomic E-state index is -0.424. The Hall–Kier alpha value is -0.810. The number of hydrogen-bond acceptors (Lipinski definition) is 4. The first kappa shape index (κ1) is 16.6. The molecule has 5 nitrogen and oxygen atoms in total. The van der Waals surface area contributed by atoms with E-state index in [1.54, 1.807) is 0 Å². The van der Waals surface area contributed by atoms with E-state index in [2.05, 4.69) is 12.2 Å². The molecule has 0 radical (unpaired) electrons. The first-order valence-electron chi connectivity index (χ1n) is 8.17. The smallest absolute Gasteiger partial charge is 0.410 e. The number of ether oxygens (including phenoxy) is 2. The zero-order valence-corrected chi connectivity index (χ0v) is 13.9. The van der Waals surface area contributed by atoms with Crippen LogP contribution in [0.1, 0.15) is 47.0 Å². The van der Waals surface area contributed by atoms with Crippen molar-refractivity contribution in [1.82, 2.24) is 10.2 Å². The average Bonchev–Trinajstić information content (AvgIpc) is 3.04. The molecule has 1 saturated carbocycles. The summed E-state index contributed by atoms with van der Waals surface area (Å²) in [6.45, 7) is 11.2. The highest BCUT2D eigenvalue weighted by atomic mass is 16.6. The fourth-order valence-corrected chi connectivity index (χ4v) is 2.66. The second-order valence-electron chi connectivity index (χ2n) is 7.27. The predicted molar refractivity (Wildman–Crippen MR) is 82.4 cm³/mol. The van der Waals surface area contributed by atoms with Gasteiger partial charge in [-0.1, -0.05) is 0 Å². The van der Waals surface area contributed by atoms with E-state index >= 15 is 0 Å². The van der Waals surface area contributed by atoms with Crippen molar-refractivity contribution in [2.45, 2.75) is 64.6 Å². The molecule has 1 aliphatic carbocycles. The van der Waals surface area contributed by atoms with Crippen LogP contribution in [0.15, 0.2) is 0 Å². The van der Waals surface area contributed by atoms with Gasteiger partial charge in [-0.25, -0.2) is 4.79 Å². The number of amides is 1. The fraction of sp³-hybridized carbons (Fsp3) is 0.938. The summed E-state index contributed by atoms with van der Waals surface area (Å²) in [5, 5.41) is 3.53. The molecule has 1 amide bonds. The van der Waals surface area contributed by atoms with E-state index in [-0.39, 0.29) is 6.09 Å². The Morgan fingerprint density at radius 3 is 2.62 bits per heavy atom. The average molecular weight is 298 g/mol. The molecule has 2 atom stereocenters. The molecule has 0 aromatic carbocycles. The Labute approximate surface area is 128 Å². The summed E-state index contributed by atoms with van der Waals surface area (Å²) in [7, 11) is 0. The maximum absolute atomic E-state index is 12.2. The molecule has 1 saturated heterocycles. The third-order valence-corrected chi connectivity index (χ3v) is 4.11. The molecule has 5 heteroatoms. The zero-order valence-electron chi connectivity index (χ0n) is 13.9. The fourth-order valence-electron chi connectivity index (χ4n) is 2.66. The second-order valence-corrected chi connectivity index (χ2v) is 7.27. The minimum Gasteiger partial charge on any atom is -0.444 e. The molecule has 0 aromatic rings. The zero-order chi connectivity index (χ0) is 15.5. The summed E-state index contributed by atoms with van der Waals surface area (Å²) in [5.74, 6) is 0.598. The van der Waals surface area contributed by atoms with Crippen molar-refractivity contribution in [2.24, 2.45) is 5.92 Å². The number of nitrogens with zero attached hydrogens (tertiary/aromatic N) is 1. The van der Waals surface area contributed by atoms with E-state index < -0.39 is 5.60 Å². The molecule has 0 bridgehead atoms. The molecule has 2 unspecified atom stereocenters. The van der Waals surface area contributed by atoms with E-state index in [0.717, 1.165) is 45.6 Å². The van der Waals surface area contributed by atoms with Crippen molar-refractivity contribution < 1.29 is 14.3 Å². The molecule has 0 aromatic heterocycles. The molecule has 2 fully saturated rings. The molecule has 2 rings (SSSR count). The van der Waals surface area contributed by atoms with Crippen LogP contribution in [0, 0.1) is 5.92 Å². The molecule has 21 heavy (non-hydrogen) atoms. The van der Waals surface area contributed by atoms with Crippen molar-refractivity contribution in [3.63, 3.8) is 0 Å². The highest BCUT2D eigenvalue weighted by molar-refractivity contribution is 5.69. The standard InChI is InChI=1S/C16H30N2O3/c1-12(13-7-10-20-11-13)17-8-9-18(14-5-6-14)15(19)21-16(2,3)4/h12-14,17H,5-11H2,1-4H3. The van der Waals surface area contributed by atoms with Gasteiger partial charge in [-0.2, -0.15) is 0 Å². The molecule has 2 aliphatic rings. The Bertz CT molecular complexity index is 344. The van der Waals surface area contributed by atoms with Gasteiger partial charge in [-0.15, -0.1) is 0 Å². The van der Waals surface area contributed by atoms with Crippen LogP contribution in [-0.2, 0) is 9.47 Å². The summed E-state index contributed by atoms with van der Waals surface area (Å²) < 4.78 is 10.9. The van der Waals surface area contributed by atoms with E-state index in [4.69, 9.17) is 9.47 Å². The molecule has 1 N–H and O–H groups in total. The van der Waals surface area contributed by atoms with Gasteiger partial charge < -0.3 is 19.7 Å². The van der Waals surface area contributed by atoms with Crippen LogP contribution in [0.3, 0.4) is 0 Å². The van der Waals surface area contributed by atoms with Crippen LogP contribution in [0.4, 0.5) is 4.79 Å². The van der Waals surface area contributed by atoms with Crippen LogP contribution in [-0.4, -0.2) is 55.0 Å². The van der Waals surface area contributed by atoms with Gasteiger partial charge in [0.2, 0.25) is 0 Å². The van der Waals surface area contributed by atoms with Crippen LogP contribution >= 0.6 is 0 Å². The highest BCUT2D eigenvalue weighted by Gasteiger charge is 2.35. The summed E-state index contributed by atoms with van der Waals surface area (Å²) in [6, 6.07) is 0.818. The molecular weight excluding hydrogens is 268 g/mol. The summed E-state index contributed by atoms with van der Waals surface area (Å²) in [6.07, 6.45) is 3.16. The first-order valence-corrected chi connectivity index (χ1v) is 8.17. The van der Waals surface area contributed by atoms with E-state index in [0.29, 0.717) is 18.0 Å². The topological polar surface area (TPSA) is 50.8 Å². The number of hydrogen-bond donors (Lipinski definition) is 1. The van der Waals surface area contributed by atoms with Crippen molar-refractivity contribution in [1.29, 1.82) is 0 Å². The van der Waals surface area contributed by atoms with Gasteiger partial charge in [0.05, 0.1) is 6.61 Å². The summed E-state index contributed by atoms with van der Waals surface area (Å²) in [4.78, 5) is 14.1. The Kier molecular flexibility index (Phi) is 5.49. The van der Waals surface area contributed by atoms with Crippen molar-refractivity contribution in [3.05, 3.63) is 0 Å². The Balaban J connectivity index is 1.74. The summed E-state index contributed by atoms with van der Waals surface area (Å²) >= 11 is 0. The van der Waals surface area contributed by atoms with Gasteiger partial charge in [-0.05, 0) is 52.9 Å². The van der Waals surface area contributed by atoms with E-state index in [1.165, 1.54) is 0 Å². The van der Waals surface area contributed by atoms with Crippen molar-refractivity contribution >= 4 is 6.09 Å². The first-order chi connectivity index (χ1) is 9.87. The number of rotatable bonds is 6. The lowest BCUT2D eigenvalue weighted by molar-refractivity contribution is 0.0234. The van der Waals surface area contributed by atoms with Crippen LogP contribution in [0.2, 0.25) is 0 Å². The van der Waals surface area contributed by atoms with Gasteiger partial charge in [0.1, 0.15) is 5.60 Å². The van der Waals surface area contributed by atoms with Crippen LogP contribution < -0.4 is 5.32 Å². The molecule has 1 heterocycles. The normalized spacial score (nSPS) is 23.9. The number of carbonyl (C=O) groups excluding carboxylic acids is 1. The number of nitrogens with one attached hydrogen (secondary N) is 1. The van der Waals surface area contributed by atoms with E-state index in [1.807, 2.05) is 25.7 Å². The number of carbonyl (C=O) groups is 1. The van der Waals surface area contributed by atoms with Gasteiger partial charge in [-0.3, -0.25) is 0 Å². The van der Waals surface area contributed by atoms with Crippen LogP contribution in [0.25, 0.3) is 0 Å². The molecular formula is C16H30N2O3. The van der Waals surface area contributed by atoms with Gasteiger partial charge in [0.15, 0.2) is 0 Å². The van der Waals surface area contributed by atoms with Gasteiger partial charge >= 0.3 is 6.09 Å². The monoisotopic (exact) mass is 298 g/mol. The SMILES string of the molecule is CC(NCCN(C(=O)OC(C)(C)C)C1CC1)C1CCOC1. The van der Waals surface area contributed by atoms with Crippen molar-refractivity contribution in [3.8, 4) is 0 Å². The lowest BCUT2D eigenvalue weighted by Gasteiger charge is -2.28. The third-order valence-electron chi connectivity index (χ3n) is 4.11. The van der Waals surface area contributed by atoms with Crippen LogP contribution in [0.5, 0.6) is 0 Å². The maximum atomic E-state index is 12.2. The van der Waals surface area contributed by atoms with E-state index in [9.17, 15) is 4.79 Å². The maximum Gasteiger partial charge on any atom is 0.410 e. The molecule has 1 aliphatic heterocycles. The minimum absolute atomic E-state index is 0.177. The predicted octanol–water partition coefficient (Wildman–Crippen LogP) is 2.40. The lowest BCUT2D eigenvalue weighted by Crippen LogP contribution is -2.44. The lowest BCUT2D eigenvalue weighted by atomic mass is 10.0.